The number of thiophene rings is 1. The molecule has 3 heterocycles. The number of rotatable bonds is 6. The van der Waals surface area contributed by atoms with Crippen molar-refractivity contribution in [1.29, 1.82) is 0 Å². The fourth-order valence-electron chi connectivity index (χ4n) is 3.66. The van der Waals surface area contributed by atoms with E-state index < -0.39 is 24.3 Å². The molecular weight excluding hydrogens is 473 g/mol. The van der Waals surface area contributed by atoms with E-state index in [0.717, 1.165) is 12.1 Å². The van der Waals surface area contributed by atoms with E-state index in [2.05, 4.69) is 4.98 Å². The van der Waals surface area contributed by atoms with Crippen molar-refractivity contribution in [2.45, 2.75) is 19.1 Å². The van der Waals surface area contributed by atoms with Crippen LogP contribution in [0.2, 0.25) is 0 Å². The number of aromatic nitrogens is 2. The molecule has 0 spiro atoms. The van der Waals surface area contributed by atoms with E-state index in [0.29, 0.717) is 42.1 Å². The summed E-state index contributed by atoms with van der Waals surface area (Å²) in [6, 6.07) is 6.75. The first-order valence-electron chi connectivity index (χ1n) is 10.5. The van der Waals surface area contributed by atoms with Crippen LogP contribution in [0.3, 0.4) is 0 Å². The molecular formula is C22H21F3N4O4S. The molecule has 1 fully saturated rings. The molecule has 1 amide bonds. The van der Waals surface area contributed by atoms with Gasteiger partial charge in [-0.2, -0.15) is 13.2 Å². The highest BCUT2D eigenvalue weighted by Gasteiger charge is 2.31. The van der Waals surface area contributed by atoms with Gasteiger partial charge in [0.05, 0.1) is 23.7 Å². The summed E-state index contributed by atoms with van der Waals surface area (Å²) in [5.41, 5.74) is -0.517. The van der Waals surface area contributed by atoms with Crippen molar-refractivity contribution in [3.63, 3.8) is 0 Å². The number of hydrogen-bond acceptors (Lipinski definition) is 7. The van der Waals surface area contributed by atoms with Crippen LogP contribution < -0.4 is 10.5 Å². The maximum absolute atomic E-state index is 12.9. The van der Waals surface area contributed by atoms with Crippen molar-refractivity contribution in [1.82, 2.24) is 14.5 Å². The zero-order chi connectivity index (χ0) is 24.3. The number of carbonyl (C=O) groups is 2. The first-order valence-corrected chi connectivity index (χ1v) is 11.4. The van der Waals surface area contributed by atoms with Crippen LogP contribution >= 0.6 is 11.3 Å². The van der Waals surface area contributed by atoms with E-state index in [9.17, 15) is 27.6 Å². The molecule has 1 aromatic carbocycles. The largest absolute Gasteiger partial charge is 0.456 e. The second-order valence-corrected chi connectivity index (χ2v) is 8.60. The standard InChI is InChI=1S/C22H21F3N4O4S/c23-22(24,25)15-2-1-3-16(12-15)27-7-9-28(10-8-27)18(30)13-33-19(31)4-6-29-14-26-20-17(21(29)32)5-11-34-20/h1-3,5,11-12,14H,4,6-10,13H2. The van der Waals surface area contributed by atoms with Gasteiger partial charge in [-0.1, -0.05) is 6.07 Å². The minimum absolute atomic E-state index is 0.0836. The van der Waals surface area contributed by atoms with Crippen LogP contribution in [0.15, 0.2) is 46.8 Å². The fourth-order valence-corrected chi connectivity index (χ4v) is 4.39. The van der Waals surface area contributed by atoms with Gasteiger partial charge in [0.1, 0.15) is 4.83 Å². The van der Waals surface area contributed by atoms with E-state index in [-0.39, 0.29) is 24.4 Å². The number of carbonyl (C=O) groups excluding carboxylic acids is 2. The molecule has 0 saturated carbocycles. The van der Waals surface area contributed by atoms with Gasteiger partial charge in [-0.05, 0) is 29.6 Å². The van der Waals surface area contributed by atoms with Crippen molar-refractivity contribution in [3.05, 3.63) is 58.0 Å². The molecule has 0 aliphatic carbocycles. The summed E-state index contributed by atoms with van der Waals surface area (Å²) in [5, 5.41) is 2.25. The van der Waals surface area contributed by atoms with E-state index in [1.807, 2.05) is 0 Å². The topological polar surface area (TPSA) is 84.7 Å². The van der Waals surface area contributed by atoms with E-state index in [4.69, 9.17) is 4.74 Å². The molecule has 3 aromatic rings. The normalized spacial score (nSPS) is 14.4. The van der Waals surface area contributed by atoms with E-state index in [1.54, 1.807) is 22.4 Å². The van der Waals surface area contributed by atoms with Crippen LogP contribution in [0.5, 0.6) is 0 Å². The summed E-state index contributed by atoms with van der Waals surface area (Å²) in [6.07, 6.45) is -3.13. The molecule has 180 valence electrons. The maximum atomic E-state index is 12.9. The lowest BCUT2D eigenvalue weighted by molar-refractivity contribution is -0.152. The number of halogens is 3. The Kier molecular flexibility index (Phi) is 6.87. The lowest BCUT2D eigenvalue weighted by atomic mass is 10.1. The van der Waals surface area contributed by atoms with Gasteiger partial charge in [0, 0.05) is 38.4 Å². The molecule has 4 rings (SSSR count). The molecule has 2 aromatic heterocycles. The van der Waals surface area contributed by atoms with Gasteiger partial charge in [0.15, 0.2) is 6.61 Å². The van der Waals surface area contributed by atoms with Crippen LogP contribution in [0.25, 0.3) is 10.2 Å². The molecule has 12 heteroatoms. The average Bonchev–Trinajstić information content (AvgIpc) is 3.31. The summed E-state index contributed by atoms with van der Waals surface area (Å²) in [5.74, 6) is -0.996. The second kappa shape index (κ2) is 9.84. The third-order valence-corrected chi connectivity index (χ3v) is 6.36. The van der Waals surface area contributed by atoms with E-state index in [1.165, 1.54) is 33.2 Å². The maximum Gasteiger partial charge on any atom is 0.416 e. The number of esters is 1. The summed E-state index contributed by atoms with van der Waals surface area (Å²) in [4.78, 5) is 44.9. The van der Waals surface area contributed by atoms with Gasteiger partial charge in [0.2, 0.25) is 0 Å². The van der Waals surface area contributed by atoms with Gasteiger partial charge in [-0.25, -0.2) is 4.98 Å². The highest BCUT2D eigenvalue weighted by atomic mass is 32.1. The lowest BCUT2D eigenvalue weighted by Gasteiger charge is -2.36. The molecule has 0 radical (unpaired) electrons. The number of benzene rings is 1. The summed E-state index contributed by atoms with van der Waals surface area (Å²) >= 11 is 1.35. The summed E-state index contributed by atoms with van der Waals surface area (Å²) in [6.45, 7) is 0.978. The predicted octanol–water partition coefficient (Wildman–Crippen LogP) is 2.76. The third-order valence-electron chi connectivity index (χ3n) is 5.53. The summed E-state index contributed by atoms with van der Waals surface area (Å²) in [7, 11) is 0. The Morgan fingerprint density at radius 1 is 1.12 bits per heavy atom. The SMILES string of the molecule is O=C(CCn1cnc2sccc2c1=O)OCC(=O)N1CCN(c2cccc(C(F)(F)F)c2)CC1. The van der Waals surface area contributed by atoms with E-state index >= 15 is 0 Å². The predicted molar refractivity (Wildman–Crippen MR) is 120 cm³/mol. The number of alkyl halides is 3. The Hall–Kier alpha value is -3.41. The molecule has 0 atom stereocenters. The van der Waals surface area contributed by atoms with Crippen molar-refractivity contribution < 1.29 is 27.5 Å². The van der Waals surface area contributed by atoms with Crippen LogP contribution in [0, 0.1) is 0 Å². The average molecular weight is 494 g/mol. The molecule has 0 N–H and O–H groups in total. The van der Waals surface area contributed by atoms with Crippen LogP contribution in [-0.4, -0.2) is 59.1 Å². The van der Waals surface area contributed by atoms with Gasteiger partial charge in [-0.15, -0.1) is 11.3 Å². The minimum atomic E-state index is -4.42. The number of amides is 1. The van der Waals surface area contributed by atoms with Crippen molar-refractivity contribution >= 4 is 39.1 Å². The van der Waals surface area contributed by atoms with Crippen molar-refractivity contribution in [2.75, 3.05) is 37.7 Å². The first-order chi connectivity index (χ1) is 16.2. The third kappa shape index (κ3) is 5.38. The second-order valence-electron chi connectivity index (χ2n) is 7.71. The fraction of sp³-hybridized carbons (Fsp3) is 0.364. The molecule has 0 bridgehead atoms. The summed E-state index contributed by atoms with van der Waals surface area (Å²) < 4.78 is 45.2. The first kappa shape index (κ1) is 23.7. The zero-order valence-electron chi connectivity index (χ0n) is 18.0. The van der Waals surface area contributed by atoms with Crippen molar-refractivity contribution in [3.8, 4) is 0 Å². The Morgan fingerprint density at radius 2 is 1.88 bits per heavy atom. The highest BCUT2D eigenvalue weighted by Crippen LogP contribution is 2.31. The highest BCUT2D eigenvalue weighted by molar-refractivity contribution is 7.16. The number of ether oxygens (including phenoxy) is 1. The molecule has 0 unspecified atom stereocenters. The number of fused-ring (bicyclic) bond motifs is 1. The smallest absolute Gasteiger partial charge is 0.416 e. The molecule has 34 heavy (non-hydrogen) atoms. The van der Waals surface area contributed by atoms with Gasteiger partial charge in [-0.3, -0.25) is 19.0 Å². The van der Waals surface area contributed by atoms with Gasteiger partial charge < -0.3 is 14.5 Å². The number of aryl methyl sites for hydroxylation is 1. The molecule has 1 saturated heterocycles. The van der Waals surface area contributed by atoms with Gasteiger partial charge >= 0.3 is 12.1 Å². The number of hydrogen-bond donors (Lipinski definition) is 0. The lowest BCUT2D eigenvalue weighted by Crippen LogP contribution is -2.50. The molecule has 8 nitrogen and oxygen atoms in total. The Morgan fingerprint density at radius 3 is 2.62 bits per heavy atom. The monoisotopic (exact) mass is 494 g/mol. The Labute approximate surface area is 196 Å². The number of anilines is 1. The Balaban J connectivity index is 1.23. The zero-order valence-corrected chi connectivity index (χ0v) is 18.8. The van der Waals surface area contributed by atoms with Crippen molar-refractivity contribution in [2.24, 2.45) is 0 Å². The number of nitrogens with zero attached hydrogens (tertiary/aromatic N) is 4. The van der Waals surface area contributed by atoms with Gasteiger partial charge in [0.25, 0.3) is 11.5 Å². The Bertz CT molecular complexity index is 1250. The van der Waals surface area contributed by atoms with Crippen LogP contribution in [0.4, 0.5) is 18.9 Å². The van der Waals surface area contributed by atoms with Crippen LogP contribution in [-0.2, 0) is 27.0 Å². The molecule has 1 aliphatic heterocycles. The number of piperazine rings is 1. The minimum Gasteiger partial charge on any atom is -0.456 e. The quantitative estimate of drug-likeness (QED) is 0.490. The van der Waals surface area contributed by atoms with Crippen LogP contribution in [0.1, 0.15) is 12.0 Å². The molecule has 1 aliphatic rings.